The summed E-state index contributed by atoms with van der Waals surface area (Å²) in [5.41, 5.74) is 2.58. The van der Waals surface area contributed by atoms with E-state index in [0.29, 0.717) is 17.2 Å². The summed E-state index contributed by atoms with van der Waals surface area (Å²) in [6.07, 6.45) is 0. The molecule has 0 unspecified atom stereocenters. The van der Waals surface area contributed by atoms with Gasteiger partial charge in [-0.25, -0.2) is 9.18 Å². The number of β-lactam (4-membered cyclic amide) rings is 1. The van der Waals surface area contributed by atoms with Crippen molar-refractivity contribution in [3.63, 3.8) is 0 Å². The van der Waals surface area contributed by atoms with E-state index in [2.05, 4.69) is 0 Å². The smallest absolute Gasteiger partial charge is 0.341 e. The van der Waals surface area contributed by atoms with Gasteiger partial charge in [0.15, 0.2) is 6.61 Å². The number of benzene rings is 3. The highest BCUT2D eigenvalue weighted by Gasteiger charge is 2.49. The fraction of sp³-hybridized carbons (Fsp3) is 0.200. The Hall–Kier alpha value is -3.52. The molecule has 1 aliphatic heterocycles. The van der Waals surface area contributed by atoms with Gasteiger partial charge in [-0.1, -0.05) is 24.3 Å². The van der Waals surface area contributed by atoms with E-state index in [0.717, 1.165) is 16.9 Å². The van der Waals surface area contributed by atoms with Crippen LogP contribution in [0.4, 0.5) is 10.1 Å². The van der Waals surface area contributed by atoms with Gasteiger partial charge in [0.2, 0.25) is 5.91 Å². The molecule has 2 atom stereocenters. The summed E-state index contributed by atoms with van der Waals surface area (Å²) in [7, 11) is 1.61. The minimum Gasteiger partial charge on any atom is -0.497 e. The number of nitrogens with zero attached hydrogens (tertiary/aromatic N) is 1. The molecule has 4 rings (SSSR count). The first-order chi connectivity index (χ1) is 16.0. The van der Waals surface area contributed by atoms with Gasteiger partial charge >= 0.3 is 5.97 Å². The van der Waals surface area contributed by atoms with Gasteiger partial charge < -0.3 is 19.5 Å². The third kappa shape index (κ3) is 5.12. The molecule has 6 nitrogen and oxygen atoms in total. The van der Waals surface area contributed by atoms with Crippen LogP contribution in [0.3, 0.4) is 0 Å². The minimum atomic E-state index is -1.05. The molecule has 0 radical (unpaired) electrons. The summed E-state index contributed by atoms with van der Waals surface area (Å²) in [6.45, 7) is -0.427. The Bertz CT molecular complexity index is 1120. The van der Waals surface area contributed by atoms with Crippen LogP contribution >= 0.6 is 11.8 Å². The molecule has 170 valence electrons. The first-order valence-corrected chi connectivity index (χ1v) is 11.3. The summed E-state index contributed by atoms with van der Waals surface area (Å²) < 4.78 is 23.8. The van der Waals surface area contributed by atoms with E-state index in [1.807, 2.05) is 36.4 Å². The van der Waals surface area contributed by atoms with E-state index in [4.69, 9.17) is 14.6 Å². The summed E-state index contributed by atoms with van der Waals surface area (Å²) in [6, 6.07) is 20.3. The van der Waals surface area contributed by atoms with Crippen molar-refractivity contribution in [3.8, 4) is 11.5 Å². The van der Waals surface area contributed by atoms with E-state index < -0.39 is 12.6 Å². The van der Waals surface area contributed by atoms with Gasteiger partial charge in [-0.3, -0.25) is 4.79 Å². The van der Waals surface area contributed by atoms with E-state index in [-0.39, 0.29) is 23.0 Å². The van der Waals surface area contributed by atoms with Crippen LogP contribution < -0.4 is 14.4 Å². The topological polar surface area (TPSA) is 76.1 Å². The third-order valence-corrected chi connectivity index (χ3v) is 6.64. The van der Waals surface area contributed by atoms with Crippen molar-refractivity contribution in [2.45, 2.75) is 17.0 Å². The van der Waals surface area contributed by atoms with Crippen molar-refractivity contribution in [2.75, 3.05) is 18.6 Å². The summed E-state index contributed by atoms with van der Waals surface area (Å²) in [5, 5.41) is 8.47. The second-order valence-electron chi connectivity index (χ2n) is 7.46. The second-order valence-corrected chi connectivity index (χ2v) is 8.59. The number of hydrogen-bond donors (Lipinski definition) is 1. The highest BCUT2D eigenvalue weighted by Crippen LogP contribution is 2.46. The normalized spacial score (nSPS) is 17.4. The van der Waals surface area contributed by atoms with Crippen molar-refractivity contribution in [2.24, 2.45) is 0 Å². The number of methoxy groups -OCH3 is 1. The molecule has 0 spiro atoms. The SMILES string of the molecule is COc1ccc(CS[C@H]2C(=O)N(c3ccc(F)cc3)[C@@H]2c2ccc(OCC(=O)O)cc2)cc1. The summed E-state index contributed by atoms with van der Waals surface area (Å²) in [4.78, 5) is 25.5. The molecule has 0 aliphatic carbocycles. The number of hydrogen-bond acceptors (Lipinski definition) is 5. The molecule has 8 heteroatoms. The van der Waals surface area contributed by atoms with Crippen LogP contribution in [0.25, 0.3) is 0 Å². The molecule has 0 bridgehead atoms. The zero-order valence-corrected chi connectivity index (χ0v) is 18.6. The Morgan fingerprint density at radius 1 is 1.00 bits per heavy atom. The van der Waals surface area contributed by atoms with Crippen LogP contribution in [0, 0.1) is 5.82 Å². The third-order valence-electron chi connectivity index (χ3n) is 5.32. The fourth-order valence-corrected chi connectivity index (χ4v) is 4.93. The molecule has 1 heterocycles. The number of ether oxygens (including phenoxy) is 2. The van der Waals surface area contributed by atoms with Gasteiger partial charge in [0, 0.05) is 11.4 Å². The average Bonchev–Trinajstić information content (AvgIpc) is 2.83. The molecule has 1 aliphatic rings. The fourth-order valence-electron chi connectivity index (χ4n) is 3.65. The van der Waals surface area contributed by atoms with Crippen LogP contribution in [0.2, 0.25) is 0 Å². The van der Waals surface area contributed by atoms with Crippen LogP contribution in [0.5, 0.6) is 11.5 Å². The van der Waals surface area contributed by atoms with Gasteiger partial charge in [-0.05, 0) is 59.7 Å². The molecule has 1 saturated heterocycles. The maximum absolute atomic E-state index is 13.4. The summed E-state index contributed by atoms with van der Waals surface area (Å²) in [5.74, 6) is 0.385. The number of halogens is 1. The van der Waals surface area contributed by atoms with Gasteiger partial charge in [0.05, 0.1) is 13.2 Å². The molecular weight excluding hydrogens is 445 g/mol. The Balaban J connectivity index is 1.55. The molecule has 1 amide bonds. The van der Waals surface area contributed by atoms with Crippen LogP contribution in [0.15, 0.2) is 72.8 Å². The lowest BCUT2D eigenvalue weighted by Gasteiger charge is -2.47. The van der Waals surface area contributed by atoms with Crippen molar-refractivity contribution in [1.82, 2.24) is 0 Å². The van der Waals surface area contributed by atoms with Crippen molar-refractivity contribution >= 4 is 29.3 Å². The minimum absolute atomic E-state index is 0.0451. The van der Waals surface area contributed by atoms with E-state index in [9.17, 15) is 14.0 Å². The molecule has 3 aromatic rings. The zero-order chi connectivity index (χ0) is 23.4. The van der Waals surface area contributed by atoms with Crippen LogP contribution in [-0.2, 0) is 15.3 Å². The number of rotatable bonds is 9. The maximum atomic E-state index is 13.4. The number of carbonyl (C=O) groups is 2. The molecule has 33 heavy (non-hydrogen) atoms. The lowest BCUT2D eigenvalue weighted by molar-refractivity contribution is -0.139. The first kappa shape index (κ1) is 22.7. The number of aliphatic carboxylic acids is 1. The molecular formula is C25H22FNO5S. The van der Waals surface area contributed by atoms with Gasteiger partial charge in [-0.2, -0.15) is 0 Å². The Morgan fingerprint density at radius 2 is 1.64 bits per heavy atom. The number of thioether (sulfide) groups is 1. The summed E-state index contributed by atoms with van der Waals surface area (Å²) >= 11 is 1.55. The van der Waals surface area contributed by atoms with Gasteiger partial charge in [0.1, 0.15) is 22.6 Å². The van der Waals surface area contributed by atoms with Crippen LogP contribution in [0.1, 0.15) is 17.2 Å². The van der Waals surface area contributed by atoms with Crippen molar-refractivity contribution < 1.29 is 28.6 Å². The van der Waals surface area contributed by atoms with Gasteiger partial charge in [-0.15, -0.1) is 11.8 Å². The lowest BCUT2D eigenvalue weighted by Crippen LogP contribution is -2.57. The number of carboxylic acid groups (broad SMARTS) is 1. The molecule has 3 aromatic carbocycles. The first-order valence-electron chi connectivity index (χ1n) is 10.2. The highest BCUT2D eigenvalue weighted by molar-refractivity contribution is 8.00. The average molecular weight is 468 g/mol. The molecule has 1 fully saturated rings. The van der Waals surface area contributed by atoms with Gasteiger partial charge in [0.25, 0.3) is 0 Å². The Morgan fingerprint density at radius 3 is 2.24 bits per heavy atom. The van der Waals surface area contributed by atoms with E-state index >= 15 is 0 Å². The standard InChI is InChI=1S/C25H22FNO5S/c1-31-20-10-2-16(3-11-20)15-33-24-23(17-4-12-21(13-5-17)32-14-22(28)29)27(25(24)30)19-8-6-18(26)7-9-19/h2-13,23-24H,14-15H2,1H3,(H,28,29)/t23-,24-/m1/s1. The number of carbonyl (C=O) groups excluding carboxylic acids is 1. The van der Waals surface area contributed by atoms with E-state index in [1.54, 1.807) is 48.0 Å². The second kappa shape index (κ2) is 9.95. The van der Waals surface area contributed by atoms with E-state index in [1.165, 1.54) is 12.1 Å². The monoisotopic (exact) mass is 467 g/mol. The Kier molecular flexibility index (Phi) is 6.84. The predicted octanol–water partition coefficient (Wildman–Crippen LogP) is 4.69. The quantitative estimate of drug-likeness (QED) is 0.460. The molecule has 0 saturated carbocycles. The number of anilines is 1. The zero-order valence-electron chi connectivity index (χ0n) is 17.8. The largest absolute Gasteiger partial charge is 0.497 e. The van der Waals surface area contributed by atoms with Crippen molar-refractivity contribution in [1.29, 1.82) is 0 Å². The Labute approximate surface area is 194 Å². The highest BCUT2D eigenvalue weighted by atomic mass is 32.2. The van der Waals surface area contributed by atoms with Crippen LogP contribution in [-0.4, -0.2) is 35.9 Å². The predicted molar refractivity (Wildman–Crippen MR) is 124 cm³/mol. The number of carboxylic acids is 1. The molecule has 0 aromatic heterocycles. The maximum Gasteiger partial charge on any atom is 0.341 e. The number of amides is 1. The lowest BCUT2D eigenvalue weighted by atomic mass is 9.92. The van der Waals surface area contributed by atoms with Crippen molar-refractivity contribution in [3.05, 3.63) is 89.7 Å². The molecule has 1 N–H and O–H groups in total.